The van der Waals surface area contributed by atoms with Crippen LogP contribution in [0.2, 0.25) is 0 Å². The average molecular weight is 665 g/mol. The van der Waals surface area contributed by atoms with Gasteiger partial charge in [-0.25, -0.2) is 9.59 Å². The van der Waals surface area contributed by atoms with Crippen LogP contribution in [0.1, 0.15) is 56.5 Å². The van der Waals surface area contributed by atoms with Crippen LogP contribution in [0, 0.1) is 24.0 Å². The predicted octanol–water partition coefficient (Wildman–Crippen LogP) is 3.29. The summed E-state index contributed by atoms with van der Waals surface area (Å²) in [7, 11) is 1.43. The van der Waals surface area contributed by atoms with Crippen LogP contribution in [0.15, 0.2) is 55.6 Å². The molecule has 12 nitrogen and oxygen atoms in total. The molecule has 0 saturated heterocycles. The number of hydrogen-bond acceptors (Lipinski definition) is 6. The number of benzene rings is 1. The van der Waals surface area contributed by atoms with E-state index in [0.29, 0.717) is 50.4 Å². The van der Waals surface area contributed by atoms with Crippen molar-refractivity contribution in [3.63, 3.8) is 0 Å². The van der Waals surface area contributed by atoms with Crippen LogP contribution < -0.4 is 22.5 Å². The van der Waals surface area contributed by atoms with E-state index in [0.717, 1.165) is 47.1 Å². The monoisotopic (exact) mass is 663 g/mol. The number of unbranched alkanes of at least 4 members (excludes halogenated alkanes) is 2. The van der Waals surface area contributed by atoms with E-state index in [1.54, 1.807) is 30.5 Å². The summed E-state index contributed by atoms with van der Waals surface area (Å²) in [6.45, 7) is 11.7. The van der Waals surface area contributed by atoms with Crippen molar-refractivity contribution in [2.45, 2.75) is 79.6 Å². The standard InChI is InChI=1S/C30H43N6O6.BrH/c1-6-36(7-2,22-25-14-9-10-15-26(25)35(41)42)19-12-8-11-16-34-28(38)21-24(4)33(30(34)40)18-13-17-32-23(3)20-27(37)31(5)29(32)39;/h9-10,14-15,20-21H,6-8,11-13,16-19,22H2,1-5H3;1H/q+1;. The third-order valence-electron chi connectivity index (χ3n) is 8.41. The smallest absolute Gasteiger partial charge is 0.320 e. The first-order chi connectivity index (χ1) is 19.9. The van der Waals surface area contributed by atoms with E-state index in [1.165, 1.54) is 28.3 Å². The lowest BCUT2D eigenvalue weighted by molar-refractivity contribution is -0.938. The maximum Gasteiger partial charge on any atom is 0.331 e. The first kappa shape index (κ1) is 35.6. The van der Waals surface area contributed by atoms with Crippen LogP contribution in [0.5, 0.6) is 0 Å². The highest BCUT2D eigenvalue weighted by atomic mass is 79.9. The molecule has 0 amide bonds. The van der Waals surface area contributed by atoms with Crippen molar-refractivity contribution in [3.05, 3.63) is 105 Å². The molecule has 0 aliphatic heterocycles. The lowest BCUT2D eigenvalue weighted by Gasteiger charge is -2.37. The quantitative estimate of drug-likeness (QED) is 0.106. The number of nitro benzene ring substituents is 1. The molecule has 0 radical (unpaired) electrons. The van der Waals surface area contributed by atoms with Crippen molar-refractivity contribution in [2.24, 2.45) is 7.05 Å². The van der Waals surface area contributed by atoms with Gasteiger partial charge in [-0.1, -0.05) is 12.1 Å². The summed E-state index contributed by atoms with van der Waals surface area (Å²) in [5.74, 6) is 0. The third-order valence-corrected chi connectivity index (χ3v) is 8.41. The number of quaternary nitrogens is 1. The van der Waals surface area contributed by atoms with Crippen molar-refractivity contribution in [1.82, 2.24) is 18.3 Å². The Morgan fingerprint density at radius 1 is 0.767 bits per heavy atom. The van der Waals surface area contributed by atoms with Gasteiger partial charge in [0.1, 0.15) is 6.54 Å². The van der Waals surface area contributed by atoms with E-state index in [9.17, 15) is 29.3 Å². The minimum atomic E-state index is -0.398. The van der Waals surface area contributed by atoms with Gasteiger partial charge in [-0.2, -0.15) is 0 Å². The highest BCUT2D eigenvalue weighted by molar-refractivity contribution is 8.93. The van der Waals surface area contributed by atoms with Crippen molar-refractivity contribution >= 4 is 22.7 Å². The molecule has 43 heavy (non-hydrogen) atoms. The van der Waals surface area contributed by atoms with Crippen LogP contribution in [-0.2, 0) is 33.2 Å². The second-order valence-corrected chi connectivity index (χ2v) is 11.0. The Labute approximate surface area is 261 Å². The van der Waals surface area contributed by atoms with E-state index >= 15 is 0 Å². The molecular formula is C30H44BrN6O6+. The maximum absolute atomic E-state index is 13.2. The molecule has 0 atom stereocenters. The molecule has 3 aromatic rings. The minimum absolute atomic E-state index is 0. The Balaban J connectivity index is 0.00000645. The average Bonchev–Trinajstić information content (AvgIpc) is 2.95. The Kier molecular flexibility index (Phi) is 13.1. The molecule has 0 aliphatic carbocycles. The molecule has 0 saturated carbocycles. The first-order valence-corrected chi connectivity index (χ1v) is 14.6. The zero-order valence-corrected chi connectivity index (χ0v) is 27.5. The number of aromatic nitrogens is 4. The molecular weight excluding hydrogens is 620 g/mol. The van der Waals surface area contributed by atoms with Gasteiger partial charge in [0.05, 0.1) is 30.1 Å². The summed E-state index contributed by atoms with van der Waals surface area (Å²) in [6, 6.07) is 9.77. The highest BCUT2D eigenvalue weighted by Gasteiger charge is 2.27. The Bertz CT molecular complexity index is 1650. The van der Waals surface area contributed by atoms with Crippen LogP contribution in [0.25, 0.3) is 0 Å². The maximum atomic E-state index is 13.2. The molecule has 2 aromatic heterocycles. The van der Waals surface area contributed by atoms with Crippen molar-refractivity contribution < 1.29 is 9.41 Å². The normalized spacial score (nSPS) is 11.4. The summed E-state index contributed by atoms with van der Waals surface area (Å²) in [4.78, 5) is 61.4. The summed E-state index contributed by atoms with van der Waals surface area (Å²) in [5.41, 5.74) is 0.548. The van der Waals surface area contributed by atoms with Gasteiger partial charge in [0, 0.05) is 56.3 Å². The molecule has 236 valence electrons. The van der Waals surface area contributed by atoms with Crippen molar-refractivity contribution in [1.29, 1.82) is 0 Å². The van der Waals surface area contributed by atoms with Gasteiger partial charge < -0.3 is 4.48 Å². The van der Waals surface area contributed by atoms with E-state index in [2.05, 4.69) is 13.8 Å². The summed E-state index contributed by atoms with van der Waals surface area (Å²) >= 11 is 0. The van der Waals surface area contributed by atoms with Gasteiger partial charge >= 0.3 is 11.4 Å². The molecule has 0 aliphatic rings. The fourth-order valence-electron chi connectivity index (χ4n) is 5.56. The third kappa shape index (κ3) is 8.50. The lowest BCUT2D eigenvalue weighted by atomic mass is 10.1. The van der Waals surface area contributed by atoms with Crippen LogP contribution in [0.3, 0.4) is 0 Å². The van der Waals surface area contributed by atoms with Crippen LogP contribution in [-0.4, -0.2) is 47.3 Å². The van der Waals surface area contributed by atoms with Gasteiger partial charge in [-0.3, -0.25) is 38.0 Å². The molecule has 13 heteroatoms. The van der Waals surface area contributed by atoms with Crippen molar-refractivity contribution in [3.8, 4) is 0 Å². The summed E-state index contributed by atoms with van der Waals surface area (Å²) in [6.07, 6.45) is 2.81. The van der Waals surface area contributed by atoms with Gasteiger partial charge in [-0.15, -0.1) is 17.0 Å². The summed E-state index contributed by atoms with van der Waals surface area (Å²) in [5, 5.41) is 11.5. The zero-order valence-electron chi connectivity index (χ0n) is 25.8. The van der Waals surface area contributed by atoms with Crippen molar-refractivity contribution in [2.75, 3.05) is 19.6 Å². The molecule has 0 unspecified atom stereocenters. The van der Waals surface area contributed by atoms with Gasteiger partial charge in [0.25, 0.3) is 16.8 Å². The minimum Gasteiger partial charge on any atom is -0.320 e. The number of nitrogens with zero attached hydrogens (tertiary/aromatic N) is 6. The largest absolute Gasteiger partial charge is 0.331 e. The second-order valence-electron chi connectivity index (χ2n) is 11.0. The molecule has 0 bridgehead atoms. The number of hydrogen-bond donors (Lipinski definition) is 0. The molecule has 2 heterocycles. The predicted molar refractivity (Wildman–Crippen MR) is 172 cm³/mol. The van der Waals surface area contributed by atoms with Crippen LogP contribution in [0.4, 0.5) is 5.69 Å². The Morgan fingerprint density at radius 3 is 1.93 bits per heavy atom. The van der Waals surface area contributed by atoms with Gasteiger partial charge in [0.15, 0.2) is 0 Å². The molecule has 0 spiro atoms. The molecule has 0 fully saturated rings. The summed E-state index contributed by atoms with van der Waals surface area (Å²) < 4.78 is 6.12. The SMILES string of the molecule is Br.CC[N+](CC)(CCCCCn1c(=O)cc(C)n(CCCn2c(C)cc(=O)n(C)c2=O)c1=O)Cc1ccccc1[N+](=O)[O-]. The topological polar surface area (TPSA) is 131 Å². The van der Waals surface area contributed by atoms with Gasteiger partial charge in [0.2, 0.25) is 0 Å². The zero-order chi connectivity index (χ0) is 31.0. The lowest BCUT2D eigenvalue weighted by Crippen LogP contribution is -2.47. The highest BCUT2D eigenvalue weighted by Crippen LogP contribution is 2.24. The molecule has 3 rings (SSSR count). The number of para-hydroxylation sites is 1. The van der Waals surface area contributed by atoms with E-state index in [4.69, 9.17) is 0 Å². The van der Waals surface area contributed by atoms with Crippen LogP contribution >= 0.6 is 17.0 Å². The number of nitro groups is 1. The Hall–Kier alpha value is -3.58. The van der Waals surface area contributed by atoms with E-state index in [-0.39, 0.29) is 44.4 Å². The van der Waals surface area contributed by atoms with E-state index < -0.39 is 5.69 Å². The first-order valence-electron chi connectivity index (χ1n) is 14.6. The molecule has 1 aromatic carbocycles. The van der Waals surface area contributed by atoms with E-state index in [1.807, 2.05) is 12.1 Å². The fraction of sp³-hybridized carbons (Fsp3) is 0.533. The van der Waals surface area contributed by atoms with Gasteiger partial charge in [-0.05, 0) is 59.4 Å². The molecule has 0 N–H and O–H groups in total. The number of aryl methyl sites for hydroxylation is 2. The Morgan fingerprint density at radius 2 is 1.33 bits per heavy atom. The second kappa shape index (κ2) is 15.8. The fourth-order valence-corrected chi connectivity index (χ4v) is 5.56. The number of rotatable bonds is 15. The number of halogens is 1.